The van der Waals surface area contributed by atoms with Gasteiger partial charge in [-0.1, -0.05) is 80.5 Å². The van der Waals surface area contributed by atoms with Gasteiger partial charge in [0, 0.05) is 11.5 Å². The minimum atomic E-state index is -0.133. The van der Waals surface area contributed by atoms with Crippen molar-refractivity contribution in [2.45, 2.75) is 45.4 Å². The van der Waals surface area contributed by atoms with Crippen LogP contribution in [0.1, 0.15) is 43.2 Å². The van der Waals surface area contributed by atoms with Crippen LogP contribution < -0.4 is 5.32 Å². The van der Waals surface area contributed by atoms with Crippen LogP contribution in [0.5, 0.6) is 0 Å². The zero-order valence-electron chi connectivity index (χ0n) is 16.2. The lowest BCUT2D eigenvalue weighted by Crippen LogP contribution is -2.14. The van der Waals surface area contributed by atoms with Crippen LogP contribution in [0.2, 0.25) is 0 Å². The molecule has 0 aliphatic carbocycles. The third kappa shape index (κ3) is 5.55. The third-order valence-corrected chi connectivity index (χ3v) is 4.45. The molecule has 0 bridgehead atoms. The van der Waals surface area contributed by atoms with Crippen molar-refractivity contribution in [1.29, 1.82) is 0 Å². The highest BCUT2D eigenvalue weighted by Crippen LogP contribution is 2.24. The van der Waals surface area contributed by atoms with Crippen LogP contribution in [0.15, 0.2) is 65.2 Å². The number of carbonyl (C=O) groups is 1. The fraction of sp³-hybridized carbons (Fsp3) is 0.304. The van der Waals surface area contributed by atoms with Crippen molar-refractivity contribution >= 4 is 11.7 Å². The Balaban J connectivity index is 1.51. The van der Waals surface area contributed by atoms with Gasteiger partial charge in [0.1, 0.15) is 5.76 Å². The molecule has 1 amide bonds. The van der Waals surface area contributed by atoms with E-state index in [1.165, 1.54) is 11.1 Å². The number of anilines is 1. The molecule has 4 nitrogen and oxygen atoms in total. The Labute approximate surface area is 160 Å². The summed E-state index contributed by atoms with van der Waals surface area (Å²) >= 11 is 0. The van der Waals surface area contributed by atoms with Crippen LogP contribution in [0.4, 0.5) is 5.82 Å². The highest BCUT2D eigenvalue weighted by Gasteiger charge is 2.20. The molecule has 3 rings (SSSR count). The number of hydrogen-bond acceptors (Lipinski definition) is 3. The molecule has 1 N–H and O–H groups in total. The first-order valence-electron chi connectivity index (χ1n) is 9.29. The molecule has 27 heavy (non-hydrogen) atoms. The van der Waals surface area contributed by atoms with E-state index in [4.69, 9.17) is 4.52 Å². The Bertz CT molecular complexity index is 875. The summed E-state index contributed by atoms with van der Waals surface area (Å²) in [6.07, 6.45) is 2.32. The number of benzene rings is 2. The Morgan fingerprint density at radius 3 is 2.11 bits per heavy atom. The number of nitrogens with one attached hydrogen (secondary N) is 1. The van der Waals surface area contributed by atoms with Crippen LogP contribution in [0.25, 0.3) is 0 Å². The molecule has 140 valence electrons. The molecule has 4 heteroatoms. The van der Waals surface area contributed by atoms with Crippen LogP contribution in [0.3, 0.4) is 0 Å². The summed E-state index contributed by atoms with van der Waals surface area (Å²) in [6.45, 7) is 6.12. The number of rotatable bonds is 6. The molecule has 0 radical (unpaired) electrons. The summed E-state index contributed by atoms with van der Waals surface area (Å²) in [7, 11) is 0. The number of carbonyl (C=O) groups excluding carboxylic acids is 1. The maximum atomic E-state index is 12.2. The maximum absolute atomic E-state index is 12.2. The van der Waals surface area contributed by atoms with Gasteiger partial charge in [0.05, 0.1) is 6.42 Å². The van der Waals surface area contributed by atoms with E-state index in [0.29, 0.717) is 12.2 Å². The number of nitrogens with zero attached hydrogens (tertiary/aromatic N) is 1. The number of aryl methyl sites for hydroxylation is 2. The second-order valence-corrected chi connectivity index (χ2v) is 7.85. The molecule has 0 spiro atoms. The normalized spacial score (nSPS) is 11.4. The largest absolute Gasteiger partial charge is 0.359 e. The van der Waals surface area contributed by atoms with Crippen LogP contribution in [-0.4, -0.2) is 11.1 Å². The van der Waals surface area contributed by atoms with Crippen molar-refractivity contribution in [3.63, 3.8) is 0 Å². The van der Waals surface area contributed by atoms with E-state index in [9.17, 15) is 4.79 Å². The van der Waals surface area contributed by atoms with Gasteiger partial charge in [-0.25, -0.2) is 0 Å². The molecule has 0 saturated carbocycles. The Kier molecular flexibility index (Phi) is 5.75. The van der Waals surface area contributed by atoms with Gasteiger partial charge in [0.2, 0.25) is 5.91 Å². The molecule has 1 aromatic heterocycles. The first kappa shape index (κ1) is 18.9. The Hall–Kier alpha value is -2.88. The van der Waals surface area contributed by atoms with Crippen LogP contribution >= 0.6 is 0 Å². The van der Waals surface area contributed by atoms with Crippen molar-refractivity contribution in [3.05, 3.63) is 83.1 Å². The van der Waals surface area contributed by atoms with Gasteiger partial charge in [-0.3, -0.25) is 4.79 Å². The average Bonchev–Trinajstić information content (AvgIpc) is 3.11. The predicted octanol–water partition coefficient (Wildman–Crippen LogP) is 4.94. The molecule has 0 saturated heterocycles. The Morgan fingerprint density at radius 1 is 0.926 bits per heavy atom. The quantitative estimate of drug-likeness (QED) is 0.676. The number of aromatic nitrogens is 1. The molecular weight excluding hydrogens is 336 g/mol. The third-order valence-electron chi connectivity index (χ3n) is 4.45. The highest BCUT2D eigenvalue weighted by molar-refractivity contribution is 5.91. The van der Waals surface area contributed by atoms with Crippen LogP contribution in [-0.2, 0) is 29.5 Å². The molecule has 2 aromatic carbocycles. The summed E-state index contributed by atoms with van der Waals surface area (Å²) < 4.78 is 5.29. The number of hydrogen-bond donors (Lipinski definition) is 1. The fourth-order valence-corrected chi connectivity index (χ4v) is 2.82. The zero-order valence-corrected chi connectivity index (χ0v) is 16.2. The summed E-state index contributed by atoms with van der Waals surface area (Å²) in [5.41, 5.74) is 3.46. The van der Waals surface area contributed by atoms with Crippen LogP contribution in [0, 0.1) is 0 Å². The molecule has 0 aliphatic heterocycles. The summed E-state index contributed by atoms with van der Waals surface area (Å²) in [5, 5.41) is 6.72. The summed E-state index contributed by atoms with van der Waals surface area (Å²) in [4.78, 5) is 12.2. The van der Waals surface area contributed by atoms with Gasteiger partial charge >= 0.3 is 0 Å². The van der Waals surface area contributed by atoms with Gasteiger partial charge in [-0.2, -0.15) is 0 Å². The van der Waals surface area contributed by atoms with Crippen molar-refractivity contribution < 1.29 is 9.32 Å². The minimum Gasteiger partial charge on any atom is -0.359 e. The highest BCUT2D eigenvalue weighted by atomic mass is 16.5. The second-order valence-electron chi connectivity index (χ2n) is 7.85. The SMILES string of the molecule is CC(C)(C)c1cc(NC(=O)Cc2ccc(CCc3ccccc3)cc2)no1. The molecular formula is C23H26N2O2. The summed E-state index contributed by atoms with van der Waals surface area (Å²) in [6, 6.07) is 20.5. The lowest BCUT2D eigenvalue weighted by atomic mass is 9.93. The van der Waals surface area contributed by atoms with E-state index in [1.807, 2.05) is 39.0 Å². The monoisotopic (exact) mass is 362 g/mol. The van der Waals surface area contributed by atoms with Crippen molar-refractivity contribution in [1.82, 2.24) is 5.16 Å². The predicted molar refractivity (Wildman–Crippen MR) is 108 cm³/mol. The van der Waals surface area contributed by atoms with E-state index < -0.39 is 0 Å². The standard InChI is InChI=1S/C23H26N2O2/c1-23(2,3)20-16-21(25-27-20)24-22(26)15-19-13-11-18(12-14-19)10-9-17-7-5-4-6-8-17/h4-8,11-14,16H,9-10,15H2,1-3H3,(H,24,25,26). The maximum Gasteiger partial charge on any atom is 0.230 e. The first-order valence-corrected chi connectivity index (χ1v) is 9.29. The molecule has 0 atom stereocenters. The van der Waals surface area contributed by atoms with E-state index in [1.54, 1.807) is 6.07 Å². The smallest absolute Gasteiger partial charge is 0.230 e. The van der Waals surface area contributed by atoms with Gasteiger partial charge < -0.3 is 9.84 Å². The molecule has 0 fully saturated rings. The second kappa shape index (κ2) is 8.21. The lowest BCUT2D eigenvalue weighted by molar-refractivity contribution is -0.115. The number of amides is 1. The zero-order chi connectivity index (χ0) is 19.3. The molecule has 0 aliphatic rings. The lowest BCUT2D eigenvalue weighted by Gasteiger charge is -2.12. The van der Waals surface area contributed by atoms with Crippen molar-refractivity contribution in [2.75, 3.05) is 5.32 Å². The van der Waals surface area contributed by atoms with Gasteiger partial charge in [-0.05, 0) is 29.5 Å². The Morgan fingerprint density at radius 2 is 1.52 bits per heavy atom. The van der Waals surface area contributed by atoms with E-state index in [-0.39, 0.29) is 11.3 Å². The van der Waals surface area contributed by atoms with Crippen molar-refractivity contribution in [3.8, 4) is 0 Å². The topological polar surface area (TPSA) is 55.1 Å². The van der Waals surface area contributed by atoms with E-state index >= 15 is 0 Å². The van der Waals surface area contributed by atoms with Gasteiger partial charge in [0.25, 0.3) is 0 Å². The molecule has 1 heterocycles. The molecule has 3 aromatic rings. The molecule has 0 unspecified atom stereocenters. The van der Waals surface area contributed by atoms with Crippen molar-refractivity contribution in [2.24, 2.45) is 0 Å². The van der Waals surface area contributed by atoms with Gasteiger partial charge in [0.15, 0.2) is 5.82 Å². The average molecular weight is 362 g/mol. The van der Waals surface area contributed by atoms with Gasteiger partial charge in [-0.15, -0.1) is 0 Å². The first-order chi connectivity index (χ1) is 12.9. The van der Waals surface area contributed by atoms with E-state index in [0.717, 1.165) is 24.2 Å². The van der Waals surface area contributed by atoms with E-state index in [2.05, 4.69) is 46.9 Å². The summed E-state index contributed by atoms with van der Waals surface area (Å²) in [5.74, 6) is 1.12. The fourth-order valence-electron chi connectivity index (χ4n) is 2.82. The minimum absolute atomic E-state index is 0.0965.